The first-order chi connectivity index (χ1) is 10.4. The number of amides is 1. The summed E-state index contributed by atoms with van der Waals surface area (Å²) in [7, 11) is 1.58. The Morgan fingerprint density at radius 3 is 2.50 bits per heavy atom. The Labute approximate surface area is 127 Å². The van der Waals surface area contributed by atoms with Crippen molar-refractivity contribution in [1.29, 1.82) is 0 Å². The van der Waals surface area contributed by atoms with Crippen LogP contribution in [0.25, 0.3) is 0 Å². The number of nitro groups is 1. The van der Waals surface area contributed by atoms with Gasteiger partial charge in [0.2, 0.25) is 5.91 Å². The highest BCUT2D eigenvalue weighted by atomic mass is 16.6. The summed E-state index contributed by atoms with van der Waals surface area (Å²) in [5, 5.41) is 19.9. The van der Waals surface area contributed by atoms with Gasteiger partial charge in [-0.25, -0.2) is 0 Å². The van der Waals surface area contributed by atoms with E-state index in [9.17, 15) is 19.7 Å². The molecule has 8 heteroatoms. The first-order valence-electron chi connectivity index (χ1n) is 6.86. The highest BCUT2D eigenvalue weighted by Gasteiger charge is 2.34. The highest BCUT2D eigenvalue weighted by molar-refractivity contribution is 5.86. The maximum atomic E-state index is 12.3. The van der Waals surface area contributed by atoms with Crippen LogP contribution in [0.4, 0.5) is 11.4 Å². The van der Waals surface area contributed by atoms with Gasteiger partial charge in [0, 0.05) is 19.2 Å². The number of hydrogen-bond donors (Lipinski definition) is 1. The Bertz CT molecular complexity index is 600. The van der Waals surface area contributed by atoms with Crippen molar-refractivity contribution in [2.24, 2.45) is 0 Å². The van der Waals surface area contributed by atoms with Crippen LogP contribution in [-0.2, 0) is 9.59 Å². The molecule has 1 aliphatic rings. The minimum absolute atomic E-state index is 0.0252. The van der Waals surface area contributed by atoms with Crippen LogP contribution in [0.5, 0.6) is 0 Å². The lowest BCUT2D eigenvalue weighted by molar-refractivity contribution is -0.384. The molecule has 0 aromatic heterocycles. The van der Waals surface area contributed by atoms with Crippen LogP contribution in [0.1, 0.15) is 12.8 Å². The molecule has 0 saturated heterocycles. The number of anilines is 1. The topological polar surface area (TPSA) is 104 Å². The zero-order valence-electron chi connectivity index (χ0n) is 12.1. The molecule has 0 heterocycles. The lowest BCUT2D eigenvalue weighted by Crippen LogP contribution is -2.43. The average Bonchev–Trinajstić information content (AvgIpc) is 3.28. The van der Waals surface area contributed by atoms with Gasteiger partial charge in [-0.3, -0.25) is 19.7 Å². The highest BCUT2D eigenvalue weighted by Crippen LogP contribution is 2.29. The molecule has 1 N–H and O–H groups in total. The van der Waals surface area contributed by atoms with E-state index in [0.29, 0.717) is 5.69 Å². The molecule has 1 aromatic carbocycles. The third-order valence-electron chi connectivity index (χ3n) is 3.48. The van der Waals surface area contributed by atoms with E-state index in [-0.39, 0.29) is 30.7 Å². The van der Waals surface area contributed by atoms with E-state index < -0.39 is 10.9 Å². The van der Waals surface area contributed by atoms with Gasteiger partial charge >= 0.3 is 5.97 Å². The zero-order chi connectivity index (χ0) is 16.3. The van der Waals surface area contributed by atoms with Gasteiger partial charge in [0.15, 0.2) is 0 Å². The molecule has 2 rings (SSSR count). The standard InChI is InChI=1S/C14H17N3O5/c1-15(11-4-2-3-5-12(11)17(21)22)8-13(18)16(9-14(19)20)10-6-7-10/h2-5,10H,6-9H2,1H3,(H,19,20). The summed E-state index contributed by atoms with van der Waals surface area (Å²) in [5.74, 6) is -1.40. The van der Waals surface area contributed by atoms with Crippen LogP contribution in [0, 0.1) is 10.1 Å². The molecule has 1 aromatic rings. The van der Waals surface area contributed by atoms with Crippen molar-refractivity contribution in [2.45, 2.75) is 18.9 Å². The third kappa shape index (κ3) is 3.72. The number of carbonyl (C=O) groups excluding carboxylic acids is 1. The molecule has 1 amide bonds. The molecule has 22 heavy (non-hydrogen) atoms. The largest absolute Gasteiger partial charge is 0.480 e. The Hall–Kier alpha value is -2.64. The molecule has 0 radical (unpaired) electrons. The fourth-order valence-electron chi connectivity index (χ4n) is 2.27. The van der Waals surface area contributed by atoms with Gasteiger partial charge < -0.3 is 14.9 Å². The van der Waals surface area contributed by atoms with Crippen molar-refractivity contribution >= 4 is 23.3 Å². The summed E-state index contributed by atoms with van der Waals surface area (Å²) in [6.45, 7) is -0.442. The second-order valence-corrected chi connectivity index (χ2v) is 5.25. The lowest BCUT2D eigenvalue weighted by Gasteiger charge is -2.25. The molecule has 0 unspecified atom stereocenters. The Balaban J connectivity index is 2.10. The number of carbonyl (C=O) groups is 2. The van der Waals surface area contributed by atoms with Gasteiger partial charge in [-0.1, -0.05) is 12.1 Å². The van der Waals surface area contributed by atoms with Crippen LogP contribution in [-0.4, -0.2) is 53.0 Å². The van der Waals surface area contributed by atoms with Crippen LogP contribution < -0.4 is 4.90 Å². The molecular formula is C14H17N3O5. The quantitative estimate of drug-likeness (QED) is 0.597. The predicted octanol–water partition coefficient (Wildman–Crippen LogP) is 1.11. The van der Waals surface area contributed by atoms with Gasteiger partial charge in [-0.2, -0.15) is 0 Å². The predicted molar refractivity (Wildman–Crippen MR) is 78.7 cm³/mol. The summed E-state index contributed by atoms with van der Waals surface area (Å²) in [4.78, 5) is 36.4. The summed E-state index contributed by atoms with van der Waals surface area (Å²) < 4.78 is 0. The average molecular weight is 307 g/mol. The number of benzene rings is 1. The molecule has 0 atom stereocenters. The SMILES string of the molecule is CN(CC(=O)N(CC(=O)O)C1CC1)c1ccccc1[N+](=O)[O-]. The number of hydrogen-bond acceptors (Lipinski definition) is 5. The van der Waals surface area contributed by atoms with E-state index in [1.807, 2.05) is 0 Å². The van der Waals surface area contributed by atoms with Crippen LogP contribution in [0.15, 0.2) is 24.3 Å². The fraction of sp³-hybridized carbons (Fsp3) is 0.429. The van der Waals surface area contributed by atoms with Gasteiger partial charge in [-0.05, 0) is 18.9 Å². The lowest BCUT2D eigenvalue weighted by atomic mass is 10.2. The number of carboxylic acid groups (broad SMARTS) is 1. The molecule has 0 spiro atoms. The summed E-state index contributed by atoms with van der Waals surface area (Å²) in [5.41, 5.74) is 0.237. The minimum atomic E-state index is -1.06. The molecular weight excluding hydrogens is 290 g/mol. The smallest absolute Gasteiger partial charge is 0.323 e. The number of carboxylic acids is 1. The first-order valence-corrected chi connectivity index (χ1v) is 6.86. The van der Waals surface area contributed by atoms with Gasteiger partial charge in [-0.15, -0.1) is 0 Å². The summed E-state index contributed by atoms with van der Waals surface area (Å²) in [6, 6.07) is 6.11. The second kappa shape index (κ2) is 6.42. The van der Waals surface area contributed by atoms with Gasteiger partial charge in [0.25, 0.3) is 5.69 Å². The first kappa shape index (κ1) is 15.7. The maximum Gasteiger partial charge on any atom is 0.323 e. The molecule has 118 valence electrons. The summed E-state index contributed by atoms with van der Waals surface area (Å²) >= 11 is 0. The van der Waals surface area contributed by atoms with Crippen molar-refractivity contribution < 1.29 is 19.6 Å². The molecule has 1 saturated carbocycles. The van der Waals surface area contributed by atoms with E-state index in [0.717, 1.165) is 12.8 Å². The maximum absolute atomic E-state index is 12.3. The zero-order valence-corrected chi connectivity index (χ0v) is 12.1. The van der Waals surface area contributed by atoms with Crippen molar-refractivity contribution in [3.8, 4) is 0 Å². The van der Waals surface area contributed by atoms with Crippen molar-refractivity contribution in [3.63, 3.8) is 0 Å². The van der Waals surface area contributed by atoms with E-state index in [2.05, 4.69) is 0 Å². The molecule has 8 nitrogen and oxygen atoms in total. The Kier molecular flexibility index (Phi) is 4.59. The number of nitro benzene ring substituents is 1. The van der Waals surface area contributed by atoms with Crippen molar-refractivity contribution in [3.05, 3.63) is 34.4 Å². The van der Waals surface area contributed by atoms with E-state index in [4.69, 9.17) is 5.11 Å². The van der Waals surface area contributed by atoms with Crippen LogP contribution in [0.3, 0.4) is 0 Å². The molecule has 0 aliphatic heterocycles. The third-order valence-corrected chi connectivity index (χ3v) is 3.48. The molecule has 1 fully saturated rings. The van der Waals surface area contributed by atoms with Crippen LogP contribution in [0.2, 0.25) is 0 Å². The summed E-state index contributed by atoms with van der Waals surface area (Å²) in [6.07, 6.45) is 1.60. The number of nitrogens with zero attached hydrogens (tertiary/aromatic N) is 3. The van der Waals surface area contributed by atoms with Crippen LogP contribution >= 0.6 is 0 Å². The normalized spacial score (nSPS) is 13.5. The number of likely N-dealkylation sites (N-methyl/N-ethyl adjacent to an activating group) is 1. The minimum Gasteiger partial charge on any atom is -0.480 e. The number of rotatable bonds is 7. The Morgan fingerprint density at radius 2 is 1.95 bits per heavy atom. The fourth-order valence-corrected chi connectivity index (χ4v) is 2.27. The number of aliphatic carboxylic acids is 1. The monoisotopic (exact) mass is 307 g/mol. The van der Waals surface area contributed by atoms with Gasteiger partial charge in [0.05, 0.1) is 11.5 Å². The molecule has 1 aliphatic carbocycles. The van der Waals surface area contributed by atoms with E-state index in [1.54, 1.807) is 25.2 Å². The Morgan fingerprint density at radius 1 is 1.32 bits per heavy atom. The van der Waals surface area contributed by atoms with E-state index in [1.165, 1.54) is 15.9 Å². The van der Waals surface area contributed by atoms with E-state index >= 15 is 0 Å². The number of para-hydroxylation sites is 2. The molecule has 0 bridgehead atoms. The second-order valence-electron chi connectivity index (χ2n) is 5.25. The van der Waals surface area contributed by atoms with Crippen molar-refractivity contribution in [2.75, 3.05) is 25.0 Å². The van der Waals surface area contributed by atoms with Crippen molar-refractivity contribution in [1.82, 2.24) is 4.90 Å². The van der Waals surface area contributed by atoms with Gasteiger partial charge in [0.1, 0.15) is 12.2 Å².